The molecule has 0 spiro atoms. The van der Waals surface area contributed by atoms with Gasteiger partial charge in [0.2, 0.25) is 0 Å². The Morgan fingerprint density at radius 2 is 2.40 bits per heavy atom. The molecule has 3 N–H and O–H groups in total. The second-order valence-electron chi connectivity index (χ2n) is 2.91. The molecule has 1 aromatic heterocycles. The van der Waals surface area contributed by atoms with E-state index in [1.807, 2.05) is 0 Å². The average Bonchev–Trinajstić information content (AvgIpc) is 2.65. The van der Waals surface area contributed by atoms with E-state index in [0.29, 0.717) is 24.6 Å². The maximum Gasteiger partial charge on any atom is 0.303 e. The summed E-state index contributed by atoms with van der Waals surface area (Å²) in [6.07, 6.45) is 2.18. The van der Waals surface area contributed by atoms with Crippen LogP contribution >= 0.6 is 11.3 Å². The van der Waals surface area contributed by atoms with E-state index in [1.54, 1.807) is 11.6 Å². The molecule has 0 aliphatic rings. The van der Waals surface area contributed by atoms with E-state index in [1.165, 1.54) is 22.7 Å². The summed E-state index contributed by atoms with van der Waals surface area (Å²) >= 11 is 1.24. The molecule has 0 aliphatic carbocycles. The van der Waals surface area contributed by atoms with Crippen LogP contribution in [0.3, 0.4) is 0 Å². The molecule has 0 aromatic carbocycles. The zero-order chi connectivity index (χ0) is 11.3. The summed E-state index contributed by atoms with van der Waals surface area (Å²) in [6, 6.07) is 0. The molecule has 0 amide bonds. The number of thiazole rings is 1. The Kier molecular flexibility index (Phi) is 4.45. The molecule has 6 nitrogen and oxygen atoms in total. The van der Waals surface area contributed by atoms with E-state index in [-0.39, 0.29) is 0 Å². The Bertz CT molecular complexity index is 376. The van der Waals surface area contributed by atoms with Gasteiger partial charge in [-0.25, -0.2) is 9.71 Å². The van der Waals surface area contributed by atoms with Crippen LogP contribution in [0.5, 0.6) is 0 Å². The zero-order valence-electron chi connectivity index (χ0n) is 8.38. The topological polar surface area (TPSA) is 88.3 Å². The Balaban J connectivity index is 2.59. The van der Waals surface area contributed by atoms with Gasteiger partial charge in [0.25, 0.3) is 0 Å². The van der Waals surface area contributed by atoms with Crippen LogP contribution < -0.4 is 10.5 Å². The number of rotatable bonds is 6. The van der Waals surface area contributed by atoms with Gasteiger partial charge in [0.05, 0.1) is 0 Å². The first-order chi connectivity index (χ1) is 7.06. The SMILES string of the molecule is CN(CCCN)S(=O)(=O)Nc1nccs1. The Hall–Kier alpha value is -0.700. The molecular formula is C7H14N4O2S2. The summed E-state index contributed by atoms with van der Waals surface area (Å²) in [4.78, 5) is 3.84. The minimum absolute atomic E-state index is 0.370. The molecule has 0 atom stereocenters. The van der Waals surface area contributed by atoms with Crippen molar-refractivity contribution >= 4 is 26.7 Å². The van der Waals surface area contributed by atoms with Gasteiger partial charge in [0, 0.05) is 25.2 Å². The highest BCUT2D eigenvalue weighted by atomic mass is 32.2. The molecule has 0 bridgehead atoms. The maximum absolute atomic E-state index is 11.6. The molecule has 15 heavy (non-hydrogen) atoms. The van der Waals surface area contributed by atoms with Gasteiger partial charge >= 0.3 is 10.2 Å². The smallest absolute Gasteiger partial charge is 0.303 e. The second kappa shape index (κ2) is 5.40. The third-order valence-electron chi connectivity index (χ3n) is 1.74. The molecule has 1 heterocycles. The van der Waals surface area contributed by atoms with Crippen molar-refractivity contribution < 1.29 is 8.42 Å². The molecule has 0 radical (unpaired) electrons. The predicted molar refractivity (Wildman–Crippen MR) is 61.0 cm³/mol. The predicted octanol–water partition coefficient (Wildman–Crippen LogP) is 0.0804. The molecule has 1 aromatic rings. The summed E-state index contributed by atoms with van der Waals surface area (Å²) < 4.78 is 26.9. The number of aromatic nitrogens is 1. The van der Waals surface area contributed by atoms with Crippen molar-refractivity contribution in [2.75, 3.05) is 24.9 Å². The Morgan fingerprint density at radius 1 is 1.67 bits per heavy atom. The van der Waals surface area contributed by atoms with Gasteiger partial charge in [-0.15, -0.1) is 11.3 Å². The van der Waals surface area contributed by atoms with E-state index in [0.717, 1.165) is 0 Å². The van der Waals surface area contributed by atoms with Crippen LogP contribution in [-0.2, 0) is 10.2 Å². The number of nitrogens with two attached hydrogens (primary N) is 1. The monoisotopic (exact) mass is 250 g/mol. The van der Waals surface area contributed by atoms with Crippen LogP contribution in [-0.4, -0.2) is 37.8 Å². The standard InChI is InChI=1S/C7H14N4O2S2/c1-11(5-2-3-8)15(12,13)10-7-9-4-6-14-7/h4,6H,2-3,5,8H2,1H3,(H,9,10). The summed E-state index contributed by atoms with van der Waals surface area (Å²) in [7, 11) is -1.97. The molecule has 0 saturated carbocycles. The van der Waals surface area contributed by atoms with E-state index in [2.05, 4.69) is 9.71 Å². The number of nitrogens with one attached hydrogen (secondary N) is 1. The number of nitrogens with zero attached hydrogens (tertiary/aromatic N) is 2. The maximum atomic E-state index is 11.6. The highest BCUT2D eigenvalue weighted by Gasteiger charge is 2.17. The van der Waals surface area contributed by atoms with Gasteiger partial charge in [-0.2, -0.15) is 12.7 Å². The Morgan fingerprint density at radius 3 is 2.93 bits per heavy atom. The van der Waals surface area contributed by atoms with Crippen LogP contribution in [0.4, 0.5) is 5.13 Å². The molecule has 1 rings (SSSR count). The molecule has 0 saturated heterocycles. The summed E-state index contributed by atoms with van der Waals surface area (Å²) in [5, 5.41) is 2.08. The minimum Gasteiger partial charge on any atom is -0.330 e. The lowest BCUT2D eigenvalue weighted by molar-refractivity contribution is 0.468. The first-order valence-corrected chi connectivity index (χ1v) is 6.72. The summed E-state index contributed by atoms with van der Waals surface area (Å²) in [5.74, 6) is 0. The van der Waals surface area contributed by atoms with Gasteiger partial charge in [-0.1, -0.05) is 0 Å². The minimum atomic E-state index is -3.48. The fourth-order valence-electron chi connectivity index (χ4n) is 0.896. The fraction of sp³-hybridized carbons (Fsp3) is 0.571. The van der Waals surface area contributed by atoms with Crippen molar-refractivity contribution in [2.45, 2.75) is 6.42 Å². The zero-order valence-corrected chi connectivity index (χ0v) is 10.0. The van der Waals surface area contributed by atoms with E-state index < -0.39 is 10.2 Å². The van der Waals surface area contributed by atoms with Crippen molar-refractivity contribution in [2.24, 2.45) is 5.73 Å². The van der Waals surface area contributed by atoms with Gasteiger partial charge in [-0.05, 0) is 13.0 Å². The second-order valence-corrected chi connectivity index (χ2v) is 5.58. The van der Waals surface area contributed by atoms with Crippen molar-refractivity contribution in [3.63, 3.8) is 0 Å². The molecule has 8 heteroatoms. The molecule has 86 valence electrons. The fourth-order valence-corrected chi connectivity index (χ4v) is 2.58. The first kappa shape index (κ1) is 12.4. The highest BCUT2D eigenvalue weighted by Crippen LogP contribution is 2.13. The molecule has 0 unspecified atom stereocenters. The van der Waals surface area contributed by atoms with E-state index in [4.69, 9.17) is 5.73 Å². The number of hydrogen-bond donors (Lipinski definition) is 2. The molecule has 0 fully saturated rings. The van der Waals surface area contributed by atoms with Crippen molar-refractivity contribution in [3.8, 4) is 0 Å². The third kappa shape index (κ3) is 3.74. The normalized spacial score (nSPS) is 11.9. The number of anilines is 1. The van der Waals surface area contributed by atoms with Gasteiger partial charge in [0.15, 0.2) is 5.13 Å². The van der Waals surface area contributed by atoms with E-state index >= 15 is 0 Å². The quantitative estimate of drug-likeness (QED) is 0.748. The van der Waals surface area contributed by atoms with Crippen LogP contribution in [0.25, 0.3) is 0 Å². The number of hydrogen-bond acceptors (Lipinski definition) is 5. The summed E-state index contributed by atoms with van der Waals surface area (Å²) in [6.45, 7) is 0.869. The van der Waals surface area contributed by atoms with Crippen LogP contribution in [0.15, 0.2) is 11.6 Å². The molecule has 0 aliphatic heterocycles. The summed E-state index contributed by atoms with van der Waals surface area (Å²) in [5.41, 5.74) is 5.30. The van der Waals surface area contributed by atoms with Gasteiger partial charge < -0.3 is 5.73 Å². The van der Waals surface area contributed by atoms with Crippen molar-refractivity contribution in [1.29, 1.82) is 0 Å². The van der Waals surface area contributed by atoms with Crippen molar-refractivity contribution in [3.05, 3.63) is 11.6 Å². The van der Waals surface area contributed by atoms with Gasteiger partial charge in [-0.3, -0.25) is 0 Å². The van der Waals surface area contributed by atoms with E-state index in [9.17, 15) is 8.42 Å². The van der Waals surface area contributed by atoms with Crippen LogP contribution in [0.2, 0.25) is 0 Å². The third-order valence-corrected chi connectivity index (χ3v) is 4.01. The lowest BCUT2D eigenvalue weighted by Gasteiger charge is -2.16. The average molecular weight is 250 g/mol. The van der Waals surface area contributed by atoms with Crippen LogP contribution in [0.1, 0.15) is 6.42 Å². The Labute approximate surface area is 93.3 Å². The highest BCUT2D eigenvalue weighted by molar-refractivity contribution is 7.90. The first-order valence-electron chi connectivity index (χ1n) is 4.40. The molecular weight excluding hydrogens is 236 g/mol. The van der Waals surface area contributed by atoms with Gasteiger partial charge in [0.1, 0.15) is 0 Å². The lowest BCUT2D eigenvalue weighted by atomic mass is 10.4. The largest absolute Gasteiger partial charge is 0.330 e. The lowest BCUT2D eigenvalue weighted by Crippen LogP contribution is -2.34. The van der Waals surface area contributed by atoms with Crippen molar-refractivity contribution in [1.82, 2.24) is 9.29 Å². The van der Waals surface area contributed by atoms with Crippen LogP contribution in [0, 0.1) is 0 Å².